The zero-order valence-corrected chi connectivity index (χ0v) is 14.7. The van der Waals surface area contributed by atoms with Crippen LogP contribution in [0, 0.1) is 0 Å². The second-order valence-electron chi connectivity index (χ2n) is 6.46. The Balaban J connectivity index is 2.12. The maximum atomic E-state index is 12.2. The summed E-state index contributed by atoms with van der Waals surface area (Å²) in [6.07, 6.45) is 5.16. The van der Waals surface area contributed by atoms with Gasteiger partial charge in [-0.05, 0) is 45.0 Å². The summed E-state index contributed by atoms with van der Waals surface area (Å²) in [5, 5.41) is 1.02. The Labute approximate surface area is 145 Å². The fraction of sp³-hybridized carbons (Fsp3) is 0.211. The van der Waals surface area contributed by atoms with Crippen LogP contribution in [0.15, 0.2) is 59.3 Å². The van der Waals surface area contributed by atoms with E-state index >= 15 is 0 Å². The molecule has 5 heteroatoms. The lowest BCUT2D eigenvalue weighted by molar-refractivity contribution is 0.562. The van der Waals surface area contributed by atoms with Gasteiger partial charge in [-0.1, -0.05) is 22.6 Å². The summed E-state index contributed by atoms with van der Waals surface area (Å²) in [6, 6.07) is 13.8. The summed E-state index contributed by atoms with van der Waals surface area (Å²) < 4.78 is 16.1. The second-order valence-corrected chi connectivity index (χ2v) is 8.39. The standard InChI is InChI=1S/C19H19N3OS/c1-19(2,3)24(23)21-13-16-11-14-7-4-5-9-17(14)22-18(16)15-8-6-10-20-12-15/h4-13H,1-3H3/b21-13+. The maximum Gasteiger partial charge on any atom is 0.144 e. The lowest BCUT2D eigenvalue weighted by Crippen LogP contribution is -2.25. The number of rotatable bonds is 3. The third kappa shape index (κ3) is 3.63. The SMILES string of the molecule is CC(C)(C)[S+]([O-])/N=C/c1cc2ccccc2nc1-c1cccnc1. The van der Waals surface area contributed by atoms with Crippen LogP contribution in [0.5, 0.6) is 0 Å². The predicted molar refractivity (Wildman–Crippen MR) is 100 cm³/mol. The first-order valence-electron chi connectivity index (χ1n) is 7.71. The van der Waals surface area contributed by atoms with Crippen molar-refractivity contribution in [2.45, 2.75) is 25.5 Å². The summed E-state index contributed by atoms with van der Waals surface area (Å²) in [6.45, 7) is 5.71. The highest BCUT2D eigenvalue weighted by Gasteiger charge is 2.26. The van der Waals surface area contributed by atoms with E-state index in [1.807, 2.05) is 63.2 Å². The van der Waals surface area contributed by atoms with Crippen LogP contribution in [0.1, 0.15) is 26.3 Å². The van der Waals surface area contributed by atoms with E-state index in [0.717, 1.165) is 27.7 Å². The molecule has 1 unspecified atom stereocenters. The summed E-state index contributed by atoms with van der Waals surface area (Å²) in [5.74, 6) is 0. The van der Waals surface area contributed by atoms with Crippen LogP contribution in [-0.2, 0) is 11.4 Å². The molecule has 3 aromatic rings. The molecule has 0 radical (unpaired) electrons. The maximum absolute atomic E-state index is 12.2. The first-order valence-corrected chi connectivity index (χ1v) is 8.82. The van der Waals surface area contributed by atoms with Gasteiger partial charge in [0.05, 0.1) is 17.4 Å². The minimum atomic E-state index is -1.31. The van der Waals surface area contributed by atoms with Crippen molar-refractivity contribution in [2.75, 3.05) is 0 Å². The van der Waals surface area contributed by atoms with E-state index in [4.69, 9.17) is 4.98 Å². The average molecular weight is 337 g/mol. The van der Waals surface area contributed by atoms with E-state index in [2.05, 4.69) is 9.38 Å². The molecule has 0 spiro atoms. The van der Waals surface area contributed by atoms with Crippen molar-refractivity contribution < 1.29 is 4.55 Å². The number of fused-ring (bicyclic) bond motifs is 1. The highest BCUT2D eigenvalue weighted by Crippen LogP contribution is 2.25. The first-order chi connectivity index (χ1) is 11.4. The van der Waals surface area contributed by atoms with Crippen molar-refractivity contribution in [3.8, 4) is 11.3 Å². The summed E-state index contributed by atoms with van der Waals surface area (Å²) in [4.78, 5) is 8.93. The summed E-state index contributed by atoms with van der Waals surface area (Å²) >= 11 is -1.31. The molecule has 0 aliphatic heterocycles. The van der Waals surface area contributed by atoms with Gasteiger partial charge >= 0.3 is 0 Å². The fourth-order valence-electron chi connectivity index (χ4n) is 2.23. The van der Waals surface area contributed by atoms with Crippen LogP contribution in [0.2, 0.25) is 0 Å². The zero-order chi connectivity index (χ0) is 17.2. The van der Waals surface area contributed by atoms with Crippen molar-refractivity contribution in [2.24, 2.45) is 4.40 Å². The van der Waals surface area contributed by atoms with Crippen molar-refractivity contribution in [3.63, 3.8) is 0 Å². The van der Waals surface area contributed by atoms with E-state index in [9.17, 15) is 4.55 Å². The van der Waals surface area contributed by atoms with E-state index in [-0.39, 0.29) is 0 Å². The molecule has 4 nitrogen and oxygen atoms in total. The largest absolute Gasteiger partial charge is 0.591 e. The van der Waals surface area contributed by atoms with Gasteiger partial charge in [-0.3, -0.25) is 4.98 Å². The monoisotopic (exact) mass is 337 g/mol. The molecule has 3 rings (SSSR count). The van der Waals surface area contributed by atoms with Crippen LogP contribution in [0.25, 0.3) is 22.2 Å². The molecular weight excluding hydrogens is 318 g/mol. The van der Waals surface area contributed by atoms with Crippen molar-refractivity contribution in [1.29, 1.82) is 0 Å². The third-order valence-corrected chi connectivity index (χ3v) is 4.84. The summed E-state index contributed by atoms with van der Waals surface area (Å²) in [5.41, 5.74) is 3.44. The van der Waals surface area contributed by atoms with Crippen molar-refractivity contribution in [3.05, 3.63) is 60.4 Å². The first kappa shape index (κ1) is 16.6. The Morgan fingerprint density at radius 1 is 1.12 bits per heavy atom. The topological polar surface area (TPSA) is 61.2 Å². The van der Waals surface area contributed by atoms with Crippen molar-refractivity contribution in [1.82, 2.24) is 9.97 Å². The molecule has 0 amide bonds. The van der Waals surface area contributed by atoms with Gasteiger partial charge in [-0.2, -0.15) is 0 Å². The van der Waals surface area contributed by atoms with Crippen LogP contribution >= 0.6 is 0 Å². The molecule has 2 heterocycles. The fourth-order valence-corrected chi connectivity index (χ4v) is 2.75. The normalized spacial score (nSPS) is 13.5. The van der Waals surface area contributed by atoms with E-state index in [1.54, 1.807) is 18.6 Å². The molecule has 1 atom stereocenters. The van der Waals surface area contributed by atoms with Gasteiger partial charge in [0.2, 0.25) is 0 Å². The van der Waals surface area contributed by atoms with Crippen molar-refractivity contribution >= 4 is 28.5 Å². The smallest absolute Gasteiger partial charge is 0.144 e. The Hall–Kier alpha value is -2.24. The average Bonchev–Trinajstić information content (AvgIpc) is 2.58. The molecule has 1 aromatic carbocycles. The molecule has 0 saturated heterocycles. The van der Waals surface area contributed by atoms with Gasteiger partial charge in [0.15, 0.2) is 0 Å². The number of hydrogen-bond donors (Lipinski definition) is 0. The van der Waals surface area contributed by atoms with Crippen LogP contribution in [-0.4, -0.2) is 25.5 Å². The lowest BCUT2D eigenvalue weighted by atomic mass is 10.1. The Bertz CT molecular complexity index is 873. The van der Waals surface area contributed by atoms with Gasteiger partial charge in [0.25, 0.3) is 0 Å². The molecule has 122 valence electrons. The highest BCUT2D eigenvalue weighted by atomic mass is 32.2. The number of para-hydroxylation sites is 1. The van der Waals surface area contributed by atoms with Gasteiger partial charge in [-0.15, -0.1) is 0 Å². The predicted octanol–water partition coefficient (Wildman–Crippen LogP) is 4.18. The van der Waals surface area contributed by atoms with E-state index in [1.165, 1.54) is 0 Å². The number of hydrogen-bond acceptors (Lipinski definition) is 4. The number of benzene rings is 1. The second kappa shape index (κ2) is 6.71. The number of pyridine rings is 2. The molecule has 0 saturated carbocycles. The van der Waals surface area contributed by atoms with Gasteiger partial charge in [0, 0.05) is 28.9 Å². The molecule has 0 aliphatic carbocycles. The van der Waals surface area contributed by atoms with Crippen LogP contribution in [0.3, 0.4) is 0 Å². The highest BCUT2D eigenvalue weighted by molar-refractivity contribution is 7.91. The molecule has 0 aliphatic rings. The third-order valence-electron chi connectivity index (χ3n) is 3.50. The molecular formula is C19H19N3OS. The summed E-state index contributed by atoms with van der Waals surface area (Å²) in [7, 11) is 0. The van der Waals surface area contributed by atoms with Crippen LogP contribution in [0.4, 0.5) is 0 Å². The zero-order valence-electron chi connectivity index (χ0n) is 13.9. The number of aromatic nitrogens is 2. The molecule has 24 heavy (non-hydrogen) atoms. The Morgan fingerprint density at radius 2 is 1.92 bits per heavy atom. The lowest BCUT2D eigenvalue weighted by Gasteiger charge is -2.17. The van der Waals surface area contributed by atoms with Crippen LogP contribution < -0.4 is 0 Å². The van der Waals surface area contributed by atoms with Gasteiger partial charge in [-0.25, -0.2) is 4.98 Å². The molecule has 0 bridgehead atoms. The Morgan fingerprint density at radius 3 is 2.62 bits per heavy atom. The molecule has 2 aromatic heterocycles. The van der Waals surface area contributed by atoms with E-state index < -0.39 is 16.1 Å². The molecule has 0 N–H and O–H groups in total. The van der Waals surface area contributed by atoms with Gasteiger partial charge < -0.3 is 4.55 Å². The Kier molecular flexibility index (Phi) is 4.64. The minimum absolute atomic E-state index is 0.394. The quantitative estimate of drug-likeness (QED) is 0.532. The van der Waals surface area contributed by atoms with E-state index in [0.29, 0.717) is 0 Å². The number of nitrogens with zero attached hydrogens (tertiary/aromatic N) is 3. The van der Waals surface area contributed by atoms with Gasteiger partial charge in [0.1, 0.15) is 16.1 Å². The minimum Gasteiger partial charge on any atom is -0.591 e. The molecule has 0 fully saturated rings.